The van der Waals surface area contributed by atoms with Crippen molar-refractivity contribution in [3.8, 4) is 0 Å². The van der Waals surface area contributed by atoms with Gasteiger partial charge in [-0.05, 0) is 24.1 Å². The summed E-state index contributed by atoms with van der Waals surface area (Å²) in [6, 6.07) is 3.74. The molecule has 16 heavy (non-hydrogen) atoms. The van der Waals surface area contributed by atoms with Crippen LogP contribution in [0, 0.1) is 0 Å². The van der Waals surface area contributed by atoms with E-state index >= 15 is 0 Å². The Kier molecular flexibility index (Phi) is 2.44. The lowest BCUT2D eigenvalue weighted by molar-refractivity contribution is 0.982. The zero-order chi connectivity index (χ0) is 10.4. The molecule has 4 nitrogen and oxygen atoms in total. The Labute approximate surface area is 96.7 Å². The predicted octanol–water partition coefficient (Wildman–Crippen LogP) is 0.979. The second kappa shape index (κ2) is 3.64. The van der Waals surface area contributed by atoms with Gasteiger partial charge in [-0.15, -0.1) is 12.4 Å². The van der Waals surface area contributed by atoms with Gasteiger partial charge in [0.05, 0.1) is 11.2 Å². The minimum absolute atomic E-state index is 0. The van der Waals surface area contributed by atoms with Crippen LogP contribution in [0.3, 0.4) is 0 Å². The summed E-state index contributed by atoms with van der Waals surface area (Å²) in [5, 5.41) is 0. The Morgan fingerprint density at radius 1 is 1.31 bits per heavy atom. The van der Waals surface area contributed by atoms with Crippen molar-refractivity contribution in [2.45, 2.75) is 6.42 Å². The van der Waals surface area contributed by atoms with E-state index in [0.717, 1.165) is 17.5 Å². The lowest BCUT2D eigenvalue weighted by atomic mass is 10.0. The number of allylic oxidation sites excluding steroid dienone is 1. The molecule has 0 amide bonds. The molecule has 0 atom stereocenters. The molecule has 0 unspecified atom stereocenters. The molecule has 3 rings (SSSR count). The van der Waals surface area contributed by atoms with E-state index in [4.69, 9.17) is 0 Å². The highest BCUT2D eigenvalue weighted by Gasteiger charge is 2.11. The normalized spacial score (nSPS) is 12.5. The van der Waals surface area contributed by atoms with Crippen LogP contribution in [0.4, 0.5) is 0 Å². The van der Waals surface area contributed by atoms with E-state index in [1.54, 1.807) is 12.3 Å². The number of hydrogen-bond acceptors (Lipinski definition) is 2. The Hall–Kier alpha value is -1.81. The standard InChI is InChI=1S/C11H8N2O2.ClH/c14-10-11(15)13-6-2-4-7-3-1-5-8(12-10)9(7)13;/h1-2,4-6H,3H2,(H,12,14);1H. The monoisotopic (exact) mass is 236 g/mol. The molecule has 0 saturated heterocycles. The van der Waals surface area contributed by atoms with Crippen LogP contribution >= 0.6 is 12.4 Å². The smallest absolute Gasteiger partial charge is 0.316 e. The molecule has 0 fully saturated rings. The van der Waals surface area contributed by atoms with Crippen molar-refractivity contribution < 1.29 is 0 Å². The number of halogens is 1. The fraction of sp³-hybridized carbons (Fsp3) is 0.0909. The maximum atomic E-state index is 11.6. The molecule has 1 aliphatic rings. The summed E-state index contributed by atoms with van der Waals surface area (Å²) in [5.41, 5.74) is 1.48. The van der Waals surface area contributed by atoms with Crippen LogP contribution in [0.5, 0.6) is 0 Å². The molecule has 0 radical (unpaired) electrons. The number of aromatic amines is 1. The van der Waals surface area contributed by atoms with Crippen LogP contribution in [0.2, 0.25) is 0 Å². The van der Waals surface area contributed by atoms with Crippen molar-refractivity contribution >= 4 is 24.0 Å². The Morgan fingerprint density at radius 3 is 2.94 bits per heavy atom. The van der Waals surface area contributed by atoms with Gasteiger partial charge in [-0.2, -0.15) is 0 Å². The number of aromatic nitrogens is 2. The van der Waals surface area contributed by atoms with Crippen LogP contribution < -0.4 is 11.1 Å². The third-order valence-corrected chi connectivity index (χ3v) is 2.62. The summed E-state index contributed by atoms with van der Waals surface area (Å²) in [6.07, 6.45) is 6.23. The van der Waals surface area contributed by atoms with Gasteiger partial charge in [-0.3, -0.25) is 14.0 Å². The van der Waals surface area contributed by atoms with Gasteiger partial charge in [-0.1, -0.05) is 12.1 Å². The zero-order valence-corrected chi connectivity index (χ0v) is 9.08. The fourth-order valence-electron chi connectivity index (χ4n) is 1.96. The topological polar surface area (TPSA) is 54.3 Å². The lowest BCUT2D eigenvalue weighted by Gasteiger charge is -2.11. The van der Waals surface area contributed by atoms with Gasteiger partial charge in [0, 0.05) is 6.20 Å². The first kappa shape index (κ1) is 10.7. The van der Waals surface area contributed by atoms with Gasteiger partial charge < -0.3 is 4.98 Å². The second-order valence-electron chi connectivity index (χ2n) is 3.53. The van der Waals surface area contributed by atoms with Gasteiger partial charge >= 0.3 is 11.1 Å². The molecular formula is C11H9ClN2O2. The minimum atomic E-state index is -0.578. The van der Waals surface area contributed by atoms with Crippen LogP contribution in [-0.4, -0.2) is 9.38 Å². The van der Waals surface area contributed by atoms with Crippen LogP contribution in [-0.2, 0) is 6.42 Å². The minimum Gasteiger partial charge on any atom is -0.316 e. The summed E-state index contributed by atoms with van der Waals surface area (Å²) < 4.78 is 1.41. The maximum Gasteiger partial charge on any atom is 0.320 e. The summed E-state index contributed by atoms with van der Waals surface area (Å²) in [5.74, 6) is 0. The van der Waals surface area contributed by atoms with Crippen molar-refractivity contribution in [1.82, 2.24) is 9.38 Å². The maximum absolute atomic E-state index is 11.6. The Balaban J connectivity index is 0.000000963. The van der Waals surface area contributed by atoms with E-state index in [1.807, 2.05) is 18.2 Å². The fourth-order valence-corrected chi connectivity index (χ4v) is 1.96. The first-order valence-corrected chi connectivity index (χ1v) is 4.70. The van der Waals surface area contributed by atoms with Crippen LogP contribution in [0.1, 0.15) is 11.3 Å². The van der Waals surface area contributed by atoms with Gasteiger partial charge in [0.25, 0.3) is 0 Å². The molecule has 1 aliphatic carbocycles. The highest BCUT2D eigenvalue weighted by Crippen LogP contribution is 2.18. The summed E-state index contributed by atoms with van der Waals surface area (Å²) in [6.45, 7) is 0. The first-order valence-electron chi connectivity index (χ1n) is 4.70. The van der Waals surface area contributed by atoms with Crippen molar-refractivity contribution in [2.24, 2.45) is 0 Å². The van der Waals surface area contributed by atoms with Gasteiger partial charge in [0.15, 0.2) is 0 Å². The van der Waals surface area contributed by atoms with Crippen molar-refractivity contribution in [3.05, 3.63) is 56.4 Å². The molecule has 0 aliphatic heterocycles. The molecule has 0 spiro atoms. The van der Waals surface area contributed by atoms with Gasteiger partial charge in [0.1, 0.15) is 0 Å². The number of pyridine rings is 1. The van der Waals surface area contributed by atoms with E-state index in [-0.39, 0.29) is 12.4 Å². The summed E-state index contributed by atoms with van der Waals surface area (Å²) in [4.78, 5) is 25.5. The number of hydrogen-bond donors (Lipinski definition) is 1. The summed E-state index contributed by atoms with van der Waals surface area (Å²) in [7, 11) is 0. The third kappa shape index (κ3) is 1.31. The number of nitrogens with zero attached hydrogens (tertiary/aromatic N) is 1. The Bertz CT molecular complexity index is 697. The average molecular weight is 237 g/mol. The molecule has 0 saturated carbocycles. The molecule has 0 bridgehead atoms. The molecule has 2 heterocycles. The highest BCUT2D eigenvalue weighted by atomic mass is 35.5. The van der Waals surface area contributed by atoms with E-state index in [0.29, 0.717) is 5.69 Å². The lowest BCUT2D eigenvalue weighted by Crippen LogP contribution is -2.34. The highest BCUT2D eigenvalue weighted by molar-refractivity contribution is 5.85. The summed E-state index contributed by atoms with van der Waals surface area (Å²) >= 11 is 0. The van der Waals surface area contributed by atoms with Gasteiger partial charge in [0.2, 0.25) is 0 Å². The molecule has 2 aromatic rings. The molecule has 0 aromatic carbocycles. The predicted molar refractivity (Wildman–Crippen MR) is 64.3 cm³/mol. The van der Waals surface area contributed by atoms with Crippen molar-refractivity contribution in [3.63, 3.8) is 0 Å². The number of nitrogens with one attached hydrogen (secondary N) is 1. The second-order valence-corrected chi connectivity index (χ2v) is 3.53. The molecule has 2 aromatic heterocycles. The van der Waals surface area contributed by atoms with Crippen LogP contribution in [0.15, 0.2) is 34.0 Å². The van der Waals surface area contributed by atoms with Gasteiger partial charge in [-0.25, -0.2) is 0 Å². The molecular weight excluding hydrogens is 228 g/mol. The van der Waals surface area contributed by atoms with E-state index in [9.17, 15) is 9.59 Å². The first-order chi connectivity index (χ1) is 7.27. The SMILES string of the molecule is Cl.O=c1[nH]c2c3c(cccn3c1=O)CC=C2. The zero-order valence-electron chi connectivity index (χ0n) is 8.27. The molecule has 5 heteroatoms. The Morgan fingerprint density at radius 2 is 2.12 bits per heavy atom. The molecule has 82 valence electrons. The van der Waals surface area contributed by atoms with E-state index < -0.39 is 11.1 Å². The third-order valence-electron chi connectivity index (χ3n) is 2.62. The van der Waals surface area contributed by atoms with E-state index in [1.165, 1.54) is 4.40 Å². The molecule has 1 N–H and O–H groups in total. The van der Waals surface area contributed by atoms with E-state index in [2.05, 4.69) is 4.98 Å². The van der Waals surface area contributed by atoms with Crippen LogP contribution in [0.25, 0.3) is 11.6 Å². The number of H-pyrrole nitrogens is 1. The number of rotatable bonds is 0. The van der Waals surface area contributed by atoms with Crippen molar-refractivity contribution in [2.75, 3.05) is 0 Å². The average Bonchev–Trinajstić information content (AvgIpc) is 2.26. The quantitative estimate of drug-likeness (QED) is 0.694. The van der Waals surface area contributed by atoms with Crippen molar-refractivity contribution in [1.29, 1.82) is 0 Å². The largest absolute Gasteiger partial charge is 0.320 e.